The number of carbonyl (C=O) groups excluding carboxylic acids is 1. The maximum absolute atomic E-state index is 11.6. The van der Waals surface area contributed by atoms with Crippen molar-refractivity contribution < 1.29 is 17.9 Å². The van der Waals surface area contributed by atoms with E-state index >= 15 is 0 Å². The fourth-order valence-corrected chi connectivity index (χ4v) is 2.54. The molecule has 0 aliphatic rings. The van der Waals surface area contributed by atoms with E-state index in [-0.39, 0.29) is 22.9 Å². The zero-order chi connectivity index (χ0) is 11.3. The number of sulfone groups is 1. The molecule has 0 unspecified atom stereocenters. The lowest BCUT2D eigenvalue weighted by molar-refractivity contribution is -0.120. The summed E-state index contributed by atoms with van der Waals surface area (Å²) in [4.78, 5) is 10.3. The minimum absolute atomic E-state index is 0.0948. The molecule has 4 nitrogen and oxygen atoms in total. The number of hydrogen-bond donors (Lipinski definition) is 0. The van der Waals surface area contributed by atoms with Crippen LogP contribution in [0.3, 0.4) is 0 Å². The van der Waals surface area contributed by atoms with E-state index in [0.29, 0.717) is 6.42 Å². The van der Waals surface area contributed by atoms with Gasteiger partial charge >= 0.3 is 0 Å². The van der Waals surface area contributed by atoms with Crippen LogP contribution in [-0.4, -0.2) is 20.6 Å². The largest absolute Gasteiger partial charge is 0.429 e. The van der Waals surface area contributed by atoms with E-state index in [1.165, 1.54) is 18.2 Å². The van der Waals surface area contributed by atoms with Crippen LogP contribution >= 0.6 is 0 Å². The highest BCUT2D eigenvalue weighted by molar-refractivity contribution is 7.91. The maximum Gasteiger partial charge on any atom is 0.298 e. The number of ether oxygens (including phenoxy) is 1. The fraction of sp³-hybridized carbons (Fsp3) is 0.300. The standard InChI is InChI=1S/C10H12O4S/c1-2-6-15(12,13)10-5-3-4-9(7-10)14-8-11/h3-5,7-8H,2,6H2,1H3. The Morgan fingerprint density at radius 3 is 2.73 bits per heavy atom. The fourth-order valence-electron chi connectivity index (χ4n) is 1.18. The van der Waals surface area contributed by atoms with Crippen LogP contribution in [0.1, 0.15) is 13.3 Å². The Hall–Kier alpha value is -1.36. The van der Waals surface area contributed by atoms with Gasteiger partial charge < -0.3 is 4.74 Å². The Bertz CT molecular complexity index is 436. The summed E-state index contributed by atoms with van der Waals surface area (Å²) >= 11 is 0. The Balaban J connectivity index is 3.04. The number of carbonyl (C=O) groups is 1. The molecule has 0 saturated heterocycles. The Morgan fingerprint density at radius 2 is 2.13 bits per heavy atom. The summed E-state index contributed by atoms with van der Waals surface area (Å²) in [6.45, 7) is 2.06. The highest BCUT2D eigenvalue weighted by Gasteiger charge is 2.13. The summed E-state index contributed by atoms with van der Waals surface area (Å²) in [6, 6.07) is 5.91. The predicted octanol–water partition coefficient (Wildman–Crippen LogP) is 1.41. The summed E-state index contributed by atoms with van der Waals surface area (Å²) in [5, 5.41) is 0. The lowest BCUT2D eigenvalue weighted by Crippen LogP contribution is -2.05. The van der Waals surface area contributed by atoms with Gasteiger partial charge in [-0.2, -0.15) is 0 Å². The molecule has 82 valence electrons. The van der Waals surface area contributed by atoms with Crippen LogP contribution in [-0.2, 0) is 14.6 Å². The smallest absolute Gasteiger partial charge is 0.298 e. The summed E-state index contributed by atoms with van der Waals surface area (Å²) in [6.07, 6.45) is 0.557. The first-order valence-electron chi connectivity index (χ1n) is 4.53. The zero-order valence-corrected chi connectivity index (χ0v) is 9.16. The summed E-state index contributed by atoms with van der Waals surface area (Å²) in [5.74, 6) is 0.333. The molecule has 0 radical (unpaired) electrons. The molecule has 0 spiro atoms. The van der Waals surface area contributed by atoms with Gasteiger partial charge in [0, 0.05) is 0 Å². The van der Waals surface area contributed by atoms with Crippen molar-refractivity contribution in [3.8, 4) is 5.75 Å². The SMILES string of the molecule is CCCS(=O)(=O)c1cccc(OC=O)c1. The van der Waals surface area contributed by atoms with Crippen molar-refractivity contribution in [1.82, 2.24) is 0 Å². The van der Waals surface area contributed by atoms with Gasteiger partial charge in [0.2, 0.25) is 0 Å². The maximum atomic E-state index is 11.6. The van der Waals surface area contributed by atoms with Crippen molar-refractivity contribution in [1.29, 1.82) is 0 Å². The minimum atomic E-state index is -3.25. The van der Waals surface area contributed by atoms with E-state index < -0.39 is 9.84 Å². The lowest BCUT2D eigenvalue weighted by Gasteiger charge is -2.04. The molecule has 0 aromatic heterocycles. The Kier molecular flexibility index (Phi) is 3.85. The van der Waals surface area contributed by atoms with Crippen molar-refractivity contribution in [2.24, 2.45) is 0 Å². The molecule has 0 fully saturated rings. The minimum Gasteiger partial charge on any atom is -0.429 e. The van der Waals surface area contributed by atoms with Crippen LogP contribution < -0.4 is 4.74 Å². The van der Waals surface area contributed by atoms with E-state index in [9.17, 15) is 13.2 Å². The van der Waals surface area contributed by atoms with Gasteiger partial charge in [0.15, 0.2) is 9.84 Å². The van der Waals surface area contributed by atoms with Gasteiger partial charge in [0.1, 0.15) is 5.75 Å². The Labute approximate surface area is 88.8 Å². The van der Waals surface area contributed by atoms with Gasteiger partial charge in [-0.1, -0.05) is 13.0 Å². The van der Waals surface area contributed by atoms with Gasteiger partial charge in [0.05, 0.1) is 10.6 Å². The van der Waals surface area contributed by atoms with E-state index in [1.54, 1.807) is 13.0 Å². The molecule has 15 heavy (non-hydrogen) atoms. The van der Waals surface area contributed by atoms with Crippen LogP contribution in [0.2, 0.25) is 0 Å². The molecule has 0 bridgehead atoms. The van der Waals surface area contributed by atoms with E-state index in [0.717, 1.165) is 0 Å². The summed E-state index contributed by atoms with van der Waals surface area (Å²) in [7, 11) is -3.25. The van der Waals surface area contributed by atoms with Crippen LogP contribution in [0.4, 0.5) is 0 Å². The van der Waals surface area contributed by atoms with Gasteiger partial charge in [-0.05, 0) is 24.6 Å². The van der Waals surface area contributed by atoms with Crippen molar-refractivity contribution in [3.05, 3.63) is 24.3 Å². The van der Waals surface area contributed by atoms with Crippen LogP contribution in [0.15, 0.2) is 29.2 Å². The first kappa shape index (κ1) is 11.7. The second-order valence-corrected chi connectivity index (χ2v) is 5.12. The van der Waals surface area contributed by atoms with Crippen LogP contribution in [0.25, 0.3) is 0 Å². The molecular weight excluding hydrogens is 216 g/mol. The number of hydrogen-bond acceptors (Lipinski definition) is 4. The summed E-state index contributed by atoms with van der Waals surface area (Å²) in [5.41, 5.74) is 0. The van der Waals surface area contributed by atoms with Crippen molar-refractivity contribution in [2.75, 3.05) is 5.75 Å². The molecule has 0 saturated carbocycles. The van der Waals surface area contributed by atoms with Gasteiger partial charge in [-0.3, -0.25) is 4.79 Å². The average molecular weight is 228 g/mol. The first-order chi connectivity index (χ1) is 7.10. The van der Waals surface area contributed by atoms with Crippen molar-refractivity contribution >= 4 is 16.3 Å². The van der Waals surface area contributed by atoms with Crippen molar-refractivity contribution in [2.45, 2.75) is 18.2 Å². The van der Waals surface area contributed by atoms with Crippen molar-refractivity contribution in [3.63, 3.8) is 0 Å². The lowest BCUT2D eigenvalue weighted by atomic mass is 10.3. The second kappa shape index (κ2) is 4.93. The average Bonchev–Trinajstić information content (AvgIpc) is 2.19. The Morgan fingerprint density at radius 1 is 1.40 bits per heavy atom. The molecule has 1 aromatic rings. The molecule has 5 heteroatoms. The first-order valence-corrected chi connectivity index (χ1v) is 6.18. The number of benzene rings is 1. The molecule has 0 atom stereocenters. The molecule has 0 aliphatic heterocycles. The molecule has 0 N–H and O–H groups in total. The van der Waals surface area contributed by atoms with E-state index in [4.69, 9.17) is 0 Å². The normalized spacial score (nSPS) is 11.0. The molecule has 1 aromatic carbocycles. The third kappa shape index (κ3) is 3.06. The van der Waals surface area contributed by atoms with Gasteiger partial charge in [-0.25, -0.2) is 8.42 Å². The topological polar surface area (TPSA) is 60.4 Å². The van der Waals surface area contributed by atoms with E-state index in [1.807, 2.05) is 0 Å². The third-order valence-corrected chi connectivity index (χ3v) is 3.74. The number of rotatable bonds is 5. The second-order valence-electron chi connectivity index (χ2n) is 3.01. The monoisotopic (exact) mass is 228 g/mol. The van der Waals surface area contributed by atoms with Gasteiger partial charge in [-0.15, -0.1) is 0 Å². The quantitative estimate of drug-likeness (QED) is 0.715. The van der Waals surface area contributed by atoms with Crippen LogP contribution in [0, 0.1) is 0 Å². The molecular formula is C10H12O4S. The molecule has 1 rings (SSSR count). The molecule has 0 aliphatic carbocycles. The van der Waals surface area contributed by atoms with E-state index in [2.05, 4.69) is 4.74 Å². The highest BCUT2D eigenvalue weighted by Crippen LogP contribution is 2.18. The zero-order valence-electron chi connectivity index (χ0n) is 8.34. The molecule has 0 heterocycles. The highest BCUT2D eigenvalue weighted by atomic mass is 32.2. The predicted molar refractivity (Wildman–Crippen MR) is 55.5 cm³/mol. The van der Waals surface area contributed by atoms with Gasteiger partial charge in [0.25, 0.3) is 6.47 Å². The van der Waals surface area contributed by atoms with Crippen LogP contribution in [0.5, 0.6) is 5.75 Å². The summed E-state index contributed by atoms with van der Waals surface area (Å²) < 4.78 is 27.9. The molecule has 0 amide bonds. The third-order valence-electron chi connectivity index (χ3n) is 1.82.